The van der Waals surface area contributed by atoms with Crippen molar-refractivity contribution in [3.63, 3.8) is 0 Å². The molecule has 0 aromatic carbocycles. The van der Waals surface area contributed by atoms with E-state index in [0.717, 1.165) is 17.0 Å². The molecule has 0 aliphatic carbocycles. The highest BCUT2D eigenvalue weighted by Gasteiger charge is 2.01. The zero-order valence-electron chi connectivity index (χ0n) is 7.70. The van der Waals surface area contributed by atoms with Crippen LogP contribution in [0, 0.1) is 0 Å². The molecule has 13 heavy (non-hydrogen) atoms. The van der Waals surface area contributed by atoms with Crippen LogP contribution in [0.25, 0.3) is 0 Å². The Morgan fingerprint density at radius 2 is 2.31 bits per heavy atom. The van der Waals surface area contributed by atoms with E-state index in [1.54, 1.807) is 7.11 Å². The Bertz CT molecular complexity index is 269. The van der Waals surface area contributed by atoms with Crippen LogP contribution in [0.15, 0.2) is 17.0 Å². The molecule has 0 radical (unpaired) electrons. The van der Waals surface area contributed by atoms with Gasteiger partial charge in [-0.15, -0.1) is 0 Å². The quantitative estimate of drug-likeness (QED) is 0.751. The smallest absolute Gasteiger partial charge is 0.132 e. The molecule has 0 N–H and O–H groups in total. The number of halogens is 1. The zero-order valence-corrected chi connectivity index (χ0v) is 9.28. The molecule has 1 aromatic heterocycles. The number of ether oxygens (including phenoxy) is 1. The molecule has 0 saturated carbocycles. The molecule has 0 bridgehead atoms. The standard InChI is InChI=1S/C8H12BrN3O/c1-12(3-4-13-2)8-5-7(9)10-6-11-8/h5-6H,3-4H2,1-2H3. The van der Waals surface area contributed by atoms with Crippen molar-refractivity contribution in [3.05, 3.63) is 17.0 Å². The van der Waals surface area contributed by atoms with Crippen molar-refractivity contribution in [2.24, 2.45) is 0 Å². The molecule has 0 unspecified atom stereocenters. The third-order valence-corrected chi connectivity index (χ3v) is 2.07. The number of anilines is 1. The minimum atomic E-state index is 0.693. The molecule has 72 valence electrons. The second-order valence-corrected chi connectivity index (χ2v) is 3.43. The van der Waals surface area contributed by atoms with Gasteiger partial charge in [-0.2, -0.15) is 0 Å². The maximum absolute atomic E-state index is 4.97. The van der Waals surface area contributed by atoms with Crippen LogP contribution in [-0.2, 0) is 4.74 Å². The predicted octanol–water partition coefficient (Wildman–Crippen LogP) is 1.32. The Balaban J connectivity index is 2.60. The van der Waals surface area contributed by atoms with E-state index in [2.05, 4.69) is 25.9 Å². The molecular weight excluding hydrogens is 234 g/mol. The molecule has 0 atom stereocenters. The highest BCUT2D eigenvalue weighted by Crippen LogP contribution is 2.12. The summed E-state index contributed by atoms with van der Waals surface area (Å²) in [7, 11) is 3.65. The lowest BCUT2D eigenvalue weighted by molar-refractivity contribution is 0.206. The van der Waals surface area contributed by atoms with E-state index in [1.165, 1.54) is 6.33 Å². The number of aromatic nitrogens is 2. The van der Waals surface area contributed by atoms with Crippen molar-refractivity contribution in [3.8, 4) is 0 Å². The molecular formula is C8H12BrN3O. The van der Waals surface area contributed by atoms with Gasteiger partial charge in [0.1, 0.15) is 16.7 Å². The second-order valence-electron chi connectivity index (χ2n) is 2.61. The summed E-state index contributed by atoms with van der Waals surface area (Å²) in [6.07, 6.45) is 1.53. The van der Waals surface area contributed by atoms with Crippen LogP contribution in [0.2, 0.25) is 0 Å². The second kappa shape index (κ2) is 5.14. The van der Waals surface area contributed by atoms with Gasteiger partial charge in [-0.1, -0.05) is 0 Å². The summed E-state index contributed by atoms with van der Waals surface area (Å²) in [4.78, 5) is 10.1. The average Bonchev–Trinajstić information content (AvgIpc) is 2.14. The lowest BCUT2D eigenvalue weighted by atomic mass is 10.5. The predicted molar refractivity (Wildman–Crippen MR) is 54.9 cm³/mol. The summed E-state index contributed by atoms with van der Waals surface area (Å²) in [6, 6.07) is 1.87. The topological polar surface area (TPSA) is 38.2 Å². The number of likely N-dealkylation sites (N-methyl/N-ethyl adjacent to an activating group) is 1. The fraction of sp³-hybridized carbons (Fsp3) is 0.500. The Morgan fingerprint density at radius 1 is 1.54 bits per heavy atom. The maximum atomic E-state index is 4.97. The summed E-state index contributed by atoms with van der Waals surface area (Å²) in [5.41, 5.74) is 0. The van der Waals surface area contributed by atoms with Gasteiger partial charge in [-0.05, 0) is 15.9 Å². The van der Waals surface area contributed by atoms with Gasteiger partial charge in [0.25, 0.3) is 0 Å². The van der Waals surface area contributed by atoms with Crippen LogP contribution in [0.4, 0.5) is 5.82 Å². The van der Waals surface area contributed by atoms with Gasteiger partial charge in [-0.25, -0.2) is 9.97 Å². The van der Waals surface area contributed by atoms with Crippen LogP contribution >= 0.6 is 15.9 Å². The van der Waals surface area contributed by atoms with Crippen molar-refractivity contribution in [2.45, 2.75) is 0 Å². The van der Waals surface area contributed by atoms with Crippen molar-refractivity contribution in [2.75, 3.05) is 32.2 Å². The first kappa shape index (κ1) is 10.4. The van der Waals surface area contributed by atoms with E-state index in [1.807, 2.05) is 18.0 Å². The first-order valence-electron chi connectivity index (χ1n) is 3.91. The number of nitrogens with zero attached hydrogens (tertiary/aromatic N) is 3. The lowest BCUT2D eigenvalue weighted by Gasteiger charge is -2.16. The van der Waals surface area contributed by atoms with Gasteiger partial charge in [0, 0.05) is 26.8 Å². The number of hydrogen-bond acceptors (Lipinski definition) is 4. The summed E-state index contributed by atoms with van der Waals surface area (Å²) in [6.45, 7) is 1.51. The van der Waals surface area contributed by atoms with Gasteiger partial charge in [0.2, 0.25) is 0 Å². The molecule has 0 fully saturated rings. The van der Waals surface area contributed by atoms with E-state index in [9.17, 15) is 0 Å². The zero-order chi connectivity index (χ0) is 9.68. The number of hydrogen-bond donors (Lipinski definition) is 0. The summed E-state index contributed by atoms with van der Waals surface area (Å²) in [5, 5.41) is 0. The van der Waals surface area contributed by atoms with Gasteiger partial charge in [0.15, 0.2) is 0 Å². The van der Waals surface area contributed by atoms with E-state index in [0.29, 0.717) is 6.61 Å². The average molecular weight is 246 g/mol. The fourth-order valence-electron chi connectivity index (χ4n) is 0.876. The Hall–Kier alpha value is -0.680. The van der Waals surface area contributed by atoms with Gasteiger partial charge >= 0.3 is 0 Å². The van der Waals surface area contributed by atoms with E-state index in [-0.39, 0.29) is 0 Å². The number of methoxy groups -OCH3 is 1. The summed E-state index contributed by atoms with van der Waals surface area (Å²) < 4.78 is 5.76. The van der Waals surface area contributed by atoms with Crippen molar-refractivity contribution in [1.82, 2.24) is 9.97 Å². The Kier molecular flexibility index (Phi) is 4.11. The molecule has 0 spiro atoms. The van der Waals surface area contributed by atoms with Crippen LogP contribution in [0.3, 0.4) is 0 Å². The monoisotopic (exact) mass is 245 g/mol. The molecule has 0 saturated heterocycles. The first-order valence-corrected chi connectivity index (χ1v) is 4.71. The molecule has 1 heterocycles. The fourth-order valence-corrected chi connectivity index (χ4v) is 1.17. The molecule has 5 heteroatoms. The van der Waals surface area contributed by atoms with Crippen LogP contribution in [-0.4, -0.2) is 37.3 Å². The van der Waals surface area contributed by atoms with E-state index >= 15 is 0 Å². The SMILES string of the molecule is COCCN(C)c1cc(Br)ncn1. The van der Waals surface area contributed by atoms with Crippen molar-refractivity contribution >= 4 is 21.7 Å². The van der Waals surface area contributed by atoms with Crippen LogP contribution < -0.4 is 4.90 Å². The molecule has 1 rings (SSSR count). The molecule has 4 nitrogen and oxygen atoms in total. The van der Waals surface area contributed by atoms with E-state index in [4.69, 9.17) is 4.74 Å². The van der Waals surface area contributed by atoms with E-state index < -0.39 is 0 Å². The minimum absolute atomic E-state index is 0.693. The summed E-state index contributed by atoms with van der Waals surface area (Å²) >= 11 is 3.29. The van der Waals surface area contributed by atoms with Gasteiger partial charge in [0.05, 0.1) is 6.61 Å². The van der Waals surface area contributed by atoms with Crippen LogP contribution in [0.1, 0.15) is 0 Å². The van der Waals surface area contributed by atoms with Crippen molar-refractivity contribution in [1.29, 1.82) is 0 Å². The third-order valence-electron chi connectivity index (χ3n) is 1.64. The number of rotatable bonds is 4. The molecule has 0 amide bonds. The molecule has 1 aromatic rings. The van der Waals surface area contributed by atoms with Crippen molar-refractivity contribution < 1.29 is 4.74 Å². The summed E-state index contributed by atoms with van der Waals surface area (Å²) in [5.74, 6) is 0.888. The normalized spacial score (nSPS) is 10.1. The largest absolute Gasteiger partial charge is 0.383 e. The molecule has 0 aliphatic rings. The highest BCUT2D eigenvalue weighted by atomic mass is 79.9. The third kappa shape index (κ3) is 3.28. The molecule has 0 aliphatic heterocycles. The lowest BCUT2D eigenvalue weighted by Crippen LogP contribution is -2.22. The Labute approximate surface area is 86.1 Å². The first-order chi connectivity index (χ1) is 6.24. The maximum Gasteiger partial charge on any atom is 0.132 e. The minimum Gasteiger partial charge on any atom is -0.383 e. The highest BCUT2D eigenvalue weighted by molar-refractivity contribution is 9.10. The van der Waals surface area contributed by atoms with Gasteiger partial charge < -0.3 is 9.64 Å². The van der Waals surface area contributed by atoms with Crippen LogP contribution in [0.5, 0.6) is 0 Å². The van der Waals surface area contributed by atoms with Gasteiger partial charge in [-0.3, -0.25) is 0 Å². The Morgan fingerprint density at radius 3 is 2.92 bits per heavy atom.